The number of nitrogens with zero attached hydrogens (tertiary/aromatic N) is 1. The SMILES string of the molecule is CC12CC(C=N)C(=Nc3ccc(F)cc3)C=C1CCC2CC(NC(=O)Cc1ccc(O)c(O)c1)c1ccccc1. The normalized spacial score (nSPS) is 23.8. The molecule has 1 fully saturated rings. The summed E-state index contributed by atoms with van der Waals surface area (Å²) >= 11 is 0. The van der Waals surface area contributed by atoms with E-state index in [-0.39, 0.29) is 52.9 Å². The number of halogens is 1. The molecule has 0 saturated heterocycles. The Balaban J connectivity index is 1.37. The fourth-order valence-electron chi connectivity index (χ4n) is 6.24. The van der Waals surface area contributed by atoms with E-state index in [0.29, 0.717) is 11.3 Å². The van der Waals surface area contributed by atoms with Crippen LogP contribution < -0.4 is 5.32 Å². The zero-order valence-electron chi connectivity index (χ0n) is 22.5. The molecule has 4 unspecified atom stereocenters. The van der Waals surface area contributed by atoms with Crippen molar-refractivity contribution in [1.82, 2.24) is 5.32 Å². The van der Waals surface area contributed by atoms with Gasteiger partial charge in [-0.25, -0.2) is 4.39 Å². The summed E-state index contributed by atoms with van der Waals surface area (Å²) in [6.45, 7) is 2.27. The Hall–Kier alpha value is -4.26. The maximum Gasteiger partial charge on any atom is 0.224 e. The number of hydrogen-bond acceptors (Lipinski definition) is 5. The first-order valence-electron chi connectivity index (χ1n) is 13.7. The zero-order valence-corrected chi connectivity index (χ0v) is 22.5. The summed E-state index contributed by atoms with van der Waals surface area (Å²) < 4.78 is 13.4. The van der Waals surface area contributed by atoms with Gasteiger partial charge in [-0.05, 0) is 90.6 Å². The predicted molar refractivity (Wildman–Crippen MR) is 155 cm³/mol. The van der Waals surface area contributed by atoms with Crippen molar-refractivity contribution >= 4 is 23.5 Å². The number of phenolic OH excluding ortho intramolecular Hbond substituents is 2. The number of carbonyl (C=O) groups excluding carboxylic acids is 1. The molecule has 40 heavy (non-hydrogen) atoms. The second-order valence-electron chi connectivity index (χ2n) is 11.1. The molecule has 0 radical (unpaired) electrons. The highest BCUT2D eigenvalue weighted by Crippen LogP contribution is 2.56. The molecule has 3 aromatic carbocycles. The third kappa shape index (κ3) is 5.83. The van der Waals surface area contributed by atoms with Crippen LogP contribution in [0, 0.1) is 28.5 Å². The van der Waals surface area contributed by atoms with Crippen LogP contribution in [0.2, 0.25) is 0 Å². The van der Waals surface area contributed by atoms with E-state index in [1.165, 1.54) is 36.1 Å². The molecule has 0 aliphatic heterocycles. The number of phenols is 2. The Morgan fingerprint density at radius 1 is 1.12 bits per heavy atom. The maximum atomic E-state index is 13.4. The Morgan fingerprint density at radius 3 is 2.58 bits per heavy atom. The van der Waals surface area contributed by atoms with E-state index < -0.39 is 0 Å². The van der Waals surface area contributed by atoms with E-state index in [0.717, 1.165) is 37.0 Å². The summed E-state index contributed by atoms with van der Waals surface area (Å²) in [5.74, 6) is -0.785. The lowest BCUT2D eigenvalue weighted by Crippen LogP contribution is -2.37. The lowest BCUT2D eigenvalue weighted by Gasteiger charge is -2.40. The Kier molecular flexibility index (Phi) is 7.83. The van der Waals surface area contributed by atoms with Crippen LogP contribution in [-0.2, 0) is 11.2 Å². The van der Waals surface area contributed by atoms with Crippen LogP contribution in [0.15, 0.2) is 89.4 Å². The van der Waals surface area contributed by atoms with Crippen molar-refractivity contribution < 1.29 is 19.4 Å². The van der Waals surface area contributed by atoms with E-state index >= 15 is 0 Å². The summed E-state index contributed by atoms with van der Waals surface area (Å²) in [4.78, 5) is 17.9. The first-order valence-corrected chi connectivity index (χ1v) is 13.7. The van der Waals surface area contributed by atoms with Crippen LogP contribution in [0.3, 0.4) is 0 Å². The van der Waals surface area contributed by atoms with Crippen LogP contribution >= 0.6 is 0 Å². The molecular formula is C33H34FN3O3. The third-order valence-corrected chi connectivity index (χ3v) is 8.49. The molecule has 0 bridgehead atoms. The van der Waals surface area contributed by atoms with Crippen LogP contribution in [0.1, 0.15) is 49.8 Å². The summed E-state index contributed by atoms with van der Waals surface area (Å²) in [5.41, 5.74) is 4.33. The number of amides is 1. The average Bonchev–Trinajstić information content (AvgIpc) is 3.26. The van der Waals surface area contributed by atoms with Gasteiger partial charge in [0, 0.05) is 17.8 Å². The van der Waals surface area contributed by atoms with Crippen LogP contribution in [-0.4, -0.2) is 28.0 Å². The molecule has 206 valence electrons. The number of benzene rings is 3. The second-order valence-corrected chi connectivity index (χ2v) is 11.1. The van der Waals surface area contributed by atoms with Gasteiger partial charge in [0.15, 0.2) is 11.5 Å². The summed E-state index contributed by atoms with van der Waals surface area (Å²) in [5, 5.41) is 30.8. The smallest absolute Gasteiger partial charge is 0.224 e. The number of nitrogens with one attached hydrogen (secondary N) is 2. The molecule has 6 nitrogen and oxygen atoms in total. The van der Waals surface area contributed by atoms with Crippen molar-refractivity contribution in [3.63, 3.8) is 0 Å². The fourth-order valence-corrected chi connectivity index (χ4v) is 6.24. The summed E-state index contributed by atoms with van der Waals surface area (Å²) in [7, 11) is 0. The summed E-state index contributed by atoms with van der Waals surface area (Å²) in [6, 6.07) is 20.3. The summed E-state index contributed by atoms with van der Waals surface area (Å²) in [6.07, 6.45) is 7.09. The average molecular weight is 540 g/mol. The number of hydrogen-bond donors (Lipinski definition) is 4. The van der Waals surface area contributed by atoms with Crippen molar-refractivity contribution in [3.8, 4) is 11.5 Å². The molecule has 0 spiro atoms. The van der Waals surface area contributed by atoms with Gasteiger partial charge < -0.3 is 20.9 Å². The molecule has 1 amide bonds. The predicted octanol–water partition coefficient (Wildman–Crippen LogP) is 6.81. The quantitative estimate of drug-likeness (QED) is 0.187. The van der Waals surface area contributed by atoms with E-state index in [9.17, 15) is 19.4 Å². The fraction of sp³-hybridized carbons (Fsp3) is 0.303. The number of allylic oxidation sites excluding steroid dienone is 2. The minimum atomic E-state index is -0.304. The molecule has 0 aromatic heterocycles. The van der Waals surface area contributed by atoms with Gasteiger partial charge in [0.1, 0.15) is 5.82 Å². The van der Waals surface area contributed by atoms with Crippen LogP contribution in [0.25, 0.3) is 0 Å². The topological polar surface area (TPSA) is 106 Å². The molecule has 0 heterocycles. The molecule has 5 rings (SSSR count). The highest BCUT2D eigenvalue weighted by atomic mass is 19.1. The first-order chi connectivity index (χ1) is 19.2. The molecule has 7 heteroatoms. The van der Waals surface area contributed by atoms with Gasteiger partial charge in [-0.2, -0.15) is 0 Å². The van der Waals surface area contributed by atoms with Gasteiger partial charge in [-0.1, -0.05) is 48.9 Å². The molecule has 1 saturated carbocycles. The Morgan fingerprint density at radius 2 is 1.88 bits per heavy atom. The van der Waals surface area contributed by atoms with E-state index in [2.05, 4.69) is 18.3 Å². The lowest BCUT2D eigenvalue weighted by atomic mass is 9.65. The third-order valence-electron chi connectivity index (χ3n) is 8.49. The van der Waals surface area contributed by atoms with Gasteiger partial charge in [0.2, 0.25) is 5.91 Å². The molecule has 4 N–H and O–H groups in total. The zero-order chi connectivity index (χ0) is 28.3. The van der Waals surface area contributed by atoms with E-state index in [1.54, 1.807) is 18.2 Å². The van der Waals surface area contributed by atoms with Crippen molar-refractivity contribution in [2.45, 2.75) is 45.1 Å². The number of aliphatic imine (C=N–C) groups is 1. The monoisotopic (exact) mass is 539 g/mol. The van der Waals surface area contributed by atoms with Gasteiger partial charge in [-0.3, -0.25) is 9.79 Å². The number of carbonyl (C=O) groups is 1. The van der Waals surface area contributed by atoms with Gasteiger partial charge >= 0.3 is 0 Å². The van der Waals surface area contributed by atoms with E-state index in [4.69, 9.17) is 10.4 Å². The van der Waals surface area contributed by atoms with Crippen molar-refractivity contribution in [3.05, 3.63) is 101 Å². The molecule has 2 aliphatic carbocycles. The van der Waals surface area contributed by atoms with Crippen LogP contribution in [0.5, 0.6) is 11.5 Å². The highest BCUT2D eigenvalue weighted by molar-refractivity contribution is 6.08. The Labute approximate surface area is 233 Å². The second kappa shape index (κ2) is 11.5. The molecular weight excluding hydrogens is 505 g/mol. The van der Waals surface area contributed by atoms with Crippen molar-refractivity contribution in [2.24, 2.45) is 22.2 Å². The molecule has 4 atom stereocenters. The van der Waals surface area contributed by atoms with Gasteiger partial charge in [-0.15, -0.1) is 0 Å². The van der Waals surface area contributed by atoms with Gasteiger partial charge in [0.25, 0.3) is 0 Å². The minimum absolute atomic E-state index is 0.0867. The largest absolute Gasteiger partial charge is 0.504 e. The lowest BCUT2D eigenvalue weighted by molar-refractivity contribution is -0.121. The van der Waals surface area contributed by atoms with Crippen molar-refractivity contribution in [2.75, 3.05) is 0 Å². The Bertz CT molecular complexity index is 1450. The van der Waals surface area contributed by atoms with E-state index in [1.807, 2.05) is 30.3 Å². The maximum absolute atomic E-state index is 13.4. The number of rotatable bonds is 8. The number of fused-ring (bicyclic) bond motifs is 1. The highest BCUT2D eigenvalue weighted by Gasteiger charge is 2.47. The minimum Gasteiger partial charge on any atom is -0.504 e. The van der Waals surface area contributed by atoms with Crippen molar-refractivity contribution in [1.29, 1.82) is 5.41 Å². The standard InChI is InChI=1S/C33H34FN3O3/c1-33-19-23(20-35)29(36-27-12-10-26(34)11-13-27)18-25(33)9-8-24(33)17-28(22-5-3-2-4-6-22)37-32(40)16-21-7-14-30(38)31(39)15-21/h2-7,10-15,18,20,23-24,28,35,38-39H,8-9,16-17,19H2,1H3,(H,37,40). The number of aromatic hydroxyl groups is 2. The van der Waals surface area contributed by atoms with Gasteiger partial charge in [0.05, 0.1) is 18.2 Å². The van der Waals surface area contributed by atoms with Crippen LogP contribution in [0.4, 0.5) is 10.1 Å². The first kappa shape index (κ1) is 27.3. The molecule has 2 aliphatic rings. The molecule has 3 aromatic rings.